The zero-order valence-electron chi connectivity index (χ0n) is 18.9. The number of hydrogen-bond donors (Lipinski definition) is 0. The molecule has 0 atom stereocenters. The van der Waals surface area contributed by atoms with Gasteiger partial charge in [0.2, 0.25) is 0 Å². The van der Waals surface area contributed by atoms with Gasteiger partial charge in [0.25, 0.3) is 0 Å². The van der Waals surface area contributed by atoms with Crippen molar-refractivity contribution in [2.24, 2.45) is 4.99 Å². The predicted molar refractivity (Wildman–Crippen MR) is 135 cm³/mol. The molecule has 0 saturated carbocycles. The molecule has 6 rings (SSSR count). The number of hydrogen-bond acceptors (Lipinski definition) is 4. The molecule has 6 nitrogen and oxygen atoms in total. The normalized spacial score (nSPS) is 11.3. The molecule has 164 valence electrons. The van der Waals surface area contributed by atoms with Crippen LogP contribution in [0.5, 0.6) is 0 Å². The number of aromatic nitrogens is 5. The summed E-state index contributed by atoms with van der Waals surface area (Å²) in [6, 6.07) is 26.0. The molecule has 0 fully saturated rings. The summed E-state index contributed by atoms with van der Waals surface area (Å²) in [6.45, 7) is 0. The molecule has 4 heterocycles. The van der Waals surface area contributed by atoms with E-state index in [1.807, 2.05) is 78.9 Å². The minimum atomic E-state index is 0. The maximum absolute atomic E-state index is 4.68. The monoisotopic (exact) mass is 504 g/mol. The molecule has 0 aliphatic rings. The van der Waals surface area contributed by atoms with Crippen molar-refractivity contribution in [3.8, 4) is 0 Å². The molecule has 0 saturated heterocycles. The quantitative estimate of drug-likeness (QED) is 0.310. The first-order valence-corrected chi connectivity index (χ1v) is 10.8. The topological polar surface area (TPSA) is 79.2 Å². The molecule has 0 unspecified atom stereocenters. The summed E-state index contributed by atoms with van der Waals surface area (Å²) in [4.78, 5) is 25.5. The molecule has 2 aromatic carbocycles. The fourth-order valence-corrected chi connectivity index (χ4v) is 3.46. The van der Waals surface area contributed by atoms with Gasteiger partial charge in [-0.1, -0.05) is 85.5 Å². The molecular formula is C28H20N6Zn. The third-order valence-corrected chi connectivity index (χ3v) is 5.11. The Balaban J connectivity index is 0.000000179. The fourth-order valence-electron chi connectivity index (χ4n) is 3.46. The molecule has 0 aliphatic heterocycles. The Morgan fingerprint density at radius 3 is 2.23 bits per heavy atom. The van der Waals surface area contributed by atoms with Crippen molar-refractivity contribution >= 4 is 39.5 Å². The maximum atomic E-state index is 4.68. The van der Waals surface area contributed by atoms with Crippen LogP contribution in [0.3, 0.4) is 0 Å². The number of imidazole rings is 1. The second-order valence-corrected chi connectivity index (χ2v) is 7.36. The minimum Gasteiger partial charge on any atom is -0.449 e. The van der Waals surface area contributed by atoms with E-state index in [1.54, 1.807) is 24.8 Å². The first kappa shape index (κ1) is 23.9. The van der Waals surface area contributed by atoms with Gasteiger partial charge in [0.05, 0.1) is 11.5 Å². The molecule has 35 heavy (non-hydrogen) atoms. The molecule has 0 aliphatic carbocycles. The van der Waals surface area contributed by atoms with Gasteiger partial charge < -0.3 is 19.9 Å². The van der Waals surface area contributed by atoms with Crippen LogP contribution >= 0.6 is 0 Å². The molecular weight excluding hydrogens is 486 g/mol. The number of nitrogens with zero attached hydrogens (tertiary/aromatic N) is 6. The Hall–Kier alpha value is -4.22. The SMILES string of the molecule is C(=C/c1cnc[n-]1)/c1ccccn1.[Zn+2].c1ccc2c(N=c3[n-]ccc4ccccc34)nccc2c1. The van der Waals surface area contributed by atoms with E-state index >= 15 is 0 Å². The van der Waals surface area contributed by atoms with Crippen LogP contribution in [0.2, 0.25) is 0 Å². The van der Waals surface area contributed by atoms with Crippen LogP contribution in [0.25, 0.3) is 33.7 Å². The second-order valence-electron chi connectivity index (χ2n) is 7.36. The van der Waals surface area contributed by atoms with Crippen molar-refractivity contribution < 1.29 is 19.5 Å². The largest absolute Gasteiger partial charge is 2.00 e. The Bertz CT molecular complexity index is 1600. The van der Waals surface area contributed by atoms with Gasteiger partial charge in [-0.3, -0.25) is 9.97 Å². The Labute approximate surface area is 215 Å². The van der Waals surface area contributed by atoms with E-state index in [1.165, 1.54) is 6.33 Å². The second kappa shape index (κ2) is 11.8. The first-order chi connectivity index (χ1) is 16.9. The first-order valence-electron chi connectivity index (χ1n) is 10.8. The summed E-state index contributed by atoms with van der Waals surface area (Å²) in [7, 11) is 0. The molecule has 0 amide bonds. The third kappa shape index (κ3) is 6.02. The van der Waals surface area contributed by atoms with Crippen molar-refractivity contribution in [2.45, 2.75) is 0 Å². The van der Waals surface area contributed by atoms with E-state index in [-0.39, 0.29) is 19.5 Å². The van der Waals surface area contributed by atoms with Gasteiger partial charge in [-0.2, -0.15) is 0 Å². The Morgan fingerprint density at radius 1 is 0.686 bits per heavy atom. The zero-order chi connectivity index (χ0) is 23.0. The summed E-state index contributed by atoms with van der Waals surface area (Å²) in [5.41, 5.74) is 2.48. The Kier molecular flexibility index (Phi) is 8.05. The van der Waals surface area contributed by atoms with Crippen molar-refractivity contribution in [1.82, 2.24) is 24.9 Å². The summed E-state index contributed by atoms with van der Waals surface area (Å²) in [6.07, 6.45) is 12.4. The van der Waals surface area contributed by atoms with Gasteiger partial charge in [-0.15, -0.1) is 0 Å². The van der Waals surface area contributed by atoms with Crippen LogP contribution in [0.4, 0.5) is 5.82 Å². The summed E-state index contributed by atoms with van der Waals surface area (Å²) in [5, 5.41) is 4.34. The third-order valence-electron chi connectivity index (χ3n) is 5.11. The van der Waals surface area contributed by atoms with Crippen LogP contribution in [0.15, 0.2) is 115 Å². The smallest absolute Gasteiger partial charge is 0.449 e. The van der Waals surface area contributed by atoms with E-state index in [9.17, 15) is 0 Å². The van der Waals surface area contributed by atoms with Crippen LogP contribution in [-0.4, -0.2) is 15.0 Å². The van der Waals surface area contributed by atoms with Crippen molar-refractivity contribution in [2.75, 3.05) is 0 Å². The van der Waals surface area contributed by atoms with Crippen LogP contribution in [0, 0.1) is 0 Å². The molecule has 0 bridgehead atoms. The van der Waals surface area contributed by atoms with Crippen molar-refractivity contribution in [3.63, 3.8) is 0 Å². The van der Waals surface area contributed by atoms with Gasteiger partial charge in [-0.25, -0.2) is 0 Å². The molecule has 0 spiro atoms. The number of pyridine rings is 3. The number of fused-ring (bicyclic) bond motifs is 2. The summed E-state index contributed by atoms with van der Waals surface area (Å²) in [5.74, 6) is 0.706. The van der Waals surface area contributed by atoms with E-state index in [4.69, 9.17) is 0 Å². The van der Waals surface area contributed by atoms with Crippen LogP contribution in [0.1, 0.15) is 11.4 Å². The van der Waals surface area contributed by atoms with Gasteiger partial charge in [0.1, 0.15) is 0 Å². The zero-order valence-corrected chi connectivity index (χ0v) is 21.9. The van der Waals surface area contributed by atoms with E-state index in [0.29, 0.717) is 11.3 Å². The van der Waals surface area contributed by atoms with Gasteiger partial charge in [0.15, 0.2) is 0 Å². The van der Waals surface area contributed by atoms with Gasteiger partial charge >= 0.3 is 19.5 Å². The molecule has 0 N–H and O–H groups in total. The van der Waals surface area contributed by atoms with Crippen molar-refractivity contribution in [1.29, 1.82) is 0 Å². The number of benzene rings is 2. The average molecular weight is 506 g/mol. The standard InChI is InChI=1S/C18H12N3.C10H8N3.Zn/c1-3-7-15-13(5-1)9-11-19-17(15)21-18-16-8-4-2-6-14(16)10-12-20-18;1-2-6-12-9(3-1)4-5-10-7-11-8-13-10;/h1-12H;1-8H;/q2*-1;+2/b;5-4-;. The molecule has 0 radical (unpaired) electrons. The van der Waals surface area contributed by atoms with Crippen LogP contribution in [-0.2, 0) is 19.5 Å². The predicted octanol–water partition coefficient (Wildman–Crippen LogP) is 5.18. The molecule has 7 heteroatoms. The van der Waals surface area contributed by atoms with Gasteiger partial charge in [0, 0.05) is 17.8 Å². The number of rotatable bonds is 3. The summed E-state index contributed by atoms with van der Waals surface area (Å²) >= 11 is 0. The van der Waals surface area contributed by atoms with Crippen LogP contribution < -0.4 is 15.5 Å². The molecule has 4 aromatic heterocycles. The average Bonchev–Trinajstić information content (AvgIpc) is 3.43. The van der Waals surface area contributed by atoms with Gasteiger partial charge in [-0.05, 0) is 51.6 Å². The van der Waals surface area contributed by atoms with E-state index in [2.05, 4.69) is 42.0 Å². The summed E-state index contributed by atoms with van der Waals surface area (Å²) < 4.78 is 0. The Morgan fingerprint density at radius 2 is 1.46 bits per heavy atom. The molecule has 6 aromatic rings. The van der Waals surface area contributed by atoms with E-state index < -0.39 is 0 Å². The maximum Gasteiger partial charge on any atom is 2.00 e. The minimum absolute atomic E-state index is 0. The van der Waals surface area contributed by atoms with E-state index in [0.717, 1.165) is 32.9 Å². The fraction of sp³-hybridized carbons (Fsp3) is 0. The van der Waals surface area contributed by atoms with Crippen molar-refractivity contribution in [3.05, 3.63) is 127 Å².